The summed E-state index contributed by atoms with van der Waals surface area (Å²) in [4.78, 5) is 42.0. The quantitative estimate of drug-likeness (QED) is 0.0179. The van der Waals surface area contributed by atoms with Crippen molar-refractivity contribution in [1.82, 2.24) is 0 Å². The second-order valence-corrected chi connectivity index (χ2v) is 13.8. The summed E-state index contributed by atoms with van der Waals surface area (Å²) in [7, 11) is -10.1. The third-order valence-corrected chi connectivity index (χ3v) is 8.46. The minimum atomic E-state index is -5.08. The average molecular weight is 949 g/mol. The van der Waals surface area contributed by atoms with Crippen LogP contribution in [0.1, 0.15) is 13.8 Å². The summed E-state index contributed by atoms with van der Waals surface area (Å²) >= 11 is 0. The minimum Gasteiger partial charge on any atom is -0.870 e. The van der Waals surface area contributed by atoms with E-state index in [1.165, 1.54) is 0 Å². The Morgan fingerprint density at radius 1 is 0.639 bits per heavy atom. The van der Waals surface area contributed by atoms with E-state index in [9.17, 15) is 67.1 Å². The molecule has 0 aliphatic rings. The summed E-state index contributed by atoms with van der Waals surface area (Å²) in [6.07, 6.45) is 0. The number of carbonyl (C=O) groups is 2. The SMILES string of the molecule is CC(O)=C(N=Nc1cc([N+](=O)[O-])cc(S(=O)(=O)O)c1O)C(=O)Nc1ccccc1.CC(O)=C(N=Nc1cc([N+](=O)[O-])cc(S(=O)(=O)O)c1[O-])C(=O)Nc1ccccc1.[Co].[Na+].[Na+]. The van der Waals surface area contributed by atoms with Crippen molar-refractivity contribution in [2.24, 2.45) is 20.5 Å². The molecule has 0 aromatic heterocycles. The van der Waals surface area contributed by atoms with Gasteiger partial charge in [0, 0.05) is 52.4 Å². The van der Waals surface area contributed by atoms with Gasteiger partial charge < -0.3 is 31.1 Å². The number of rotatable bonds is 12. The maximum absolute atomic E-state index is 12.3. The normalized spacial score (nSPS) is 11.9. The second-order valence-electron chi connectivity index (χ2n) is 11.0. The van der Waals surface area contributed by atoms with Crippen LogP contribution in [-0.2, 0) is 46.6 Å². The van der Waals surface area contributed by atoms with E-state index >= 15 is 0 Å². The fourth-order valence-corrected chi connectivity index (χ4v) is 5.32. The van der Waals surface area contributed by atoms with Gasteiger partial charge >= 0.3 is 59.1 Å². The van der Waals surface area contributed by atoms with E-state index in [0.717, 1.165) is 13.8 Å². The standard InChI is InChI=1S/2C16H14N4O8S.Co.2Na/c2*1-9(21)14(16(23)17-10-5-3-2-4-6-10)19-18-12-7-11(20(24)25)8-13(15(12)22)29(26,27)28;;;/h2*2-8,21-22H,1H3,(H,17,23)(H,26,27,28);;;/q;;;2*+1/p-1. The second kappa shape index (κ2) is 24.3. The summed E-state index contributed by atoms with van der Waals surface area (Å²) in [6, 6.07) is 18.3. The zero-order valence-electron chi connectivity index (χ0n) is 31.6. The molecule has 2 amide bonds. The van der Waals surface area contributed by atoms with Crippen LogP contribution >= 0.6 is 0 Å². The number of carbonyl (C=O) groups excluding carboxylic acids is 2. The van der Waals surface area contributed by atoms with Crippen LogP contribution < -0.4 is 74.9 Å². The van der Waals surface area contributed by atoms with Gasteiger partial charge in [0.15, 0.2) is 17.1 Å². The van der Waals surface area contributed by atoms with Gasteiger partial charge in [-0.25, -0.2) is 0 Å². The van der Waals surface area contributed by atoms with Crippen molar-refractivity contribution < 1.29 is 142 Å². The van der Waals surface area contributed by atoms with Crippen LogP contribution in [0.25, 0.3) is 0 Å². The molecule has 0 heterocycles. The Morgan fingerprint density at radius 3 is 1.33 bits per heavy atom. The molecule has 0 fully saturated rings. The molecule has 0 aliphatic heterocycles. The number of phenols is 1. The monoisotopic (exact) mass is 948 g/mol. The number of allylic oxidation sites excluding steroid dienone is 2. The number of aliphatic hydroxyl groups is 2. The molecule has 1 radical (unpaired) electrons. The first kappa shape index (κ1) is 55.8. The Kier molecular flexibility index (Phi) is 22.3. The molecule has 0 atom stereocenters. The summed E-state index contributed by atoms with van der Waals surface area (Å²) in [5.74, 6) is -5.45. The number of nitrogens with zero attached hydrogens (tertiary/aromatic N) is 6. The number of aliphatic hydroxyl groups excluding tert-OH is 2. The first-order valence-corrected chi connectivity index (χ1v) is 18.2. The predicted molar refractivity (Wildman–Crippen MR) is 197 cm³/mol. The molecule has 0 saturated carbocycles. The van der Waals surface area contributed by atoms with E-state index in [1.54, 1.807) is 60.7 Å². The number of hydrogen-bond donors (Lipinski definition) is 7. The van der Waals surface area contributed by atoms with Gasteiger partial charge in [-0.15, -0.1) is 15.3 Å². The molecule has 29 heteroatoms. The molecule has 0 bridgehead atoms. The maximum Gasteiger partial charge on any atom is 1.00 e. The number of para-hydroxylation sites is 2. The fourth-order valence-electron chi connectivity index (χ4n) is 4.10. The zero-order chi connectivity index (χ0) is 43.5. The smallest absolute Gasteiger partial charge is 0.870 e. The number of benzene rings is 4. The first-order valence-electron chi connectivity index (χ1n) is 15.3. The van der Waals surface area contributed by atoms with Gasteiger partial charge in [0.2, 0.25) is 0 Å². The molecule has 4 rings (SSSR count). The zero-order valence-corrected chi connectivity index (χ0v) is 38.3. The first-order chi connectivity index (χ1) is 27.0. The Balaban J connectivity index is 0.00000112. The van der Waals surface area contributed by atoms with E-state index < -0.39 is 109 Å². The molecule has 0 aliphatic carbocycles. The molecule has 0 unspecified atom stereocenters. The molecule has 0 spiro atoms. The minimum absolute atomic E-state index is 0. The Morgan fingerprint density at radius 2 is 0.984 bits per heavy atom. The van der Waals surface area contributed by atoms with Gasteiger partial charge in [-0.2, -0.15) is 21.9 Å². The number of aromatic hydroxyl groups is 1. The van der Waals surface area contributed by atoms with Gasteiger partial charge in [-0.05, 0) is 38.1 Å². The Labute approximate surface area is 398 Å². The van der Waals surface area contributed by atoms with Gasteiger partial charge in [-0.3, -0.25) is 38.9 Å². The largest absolute Gasteiger partial charge is 1.00 e. The number of amides is 2. The summed E-state index contributed by atoms with van der Waals surface area (Å²) < 4.78 is 63.4. The van der Waals surface area contributed by atoms with Crippen molar-refractivity contribution in [1.29, 1.82) is 0 Å². The van der Waals surface area contributed by atoms with Crippen molar-refractivity contribution >= 4 is 66.2 Å². The number of nitro groups is 2. The van der Waals surface area contributed by atoms with Crippen molar-refractivity contribution in [2.45, 2.75) is 23.6 Å². The van der Waals surface area contributed by atoms with Gasteiger partial charge in [0.05, 0.1) is 20.4 Å². The number of phenolic OH excluding ortho intramolecular Hbond substituents is 1. The molecule has 61 heavy (non-hydrogen) atoms. The Hall–Kier alpha value is -5.17. The predicted octanol–water partition coefficient (Wildman–Crippen LogP) is -0.508. The summed E-state index contributed by atoms with van der Waals surface area (Å²) in [5.41, 5.74) is -3.73. The fraction of sp³-hybridized carbons (Fsp3) is 0.0625. The van der Waals surface area contributed by atoms with E-state index in [4.69, 9.17) is 9.11 Å². The van der Waals surface area contributed by atoms with Crippen LogP contribution in [0.3, 0.4) is 0 Å². The topological polar surface area (TPSA) is 386 Å². The van der Waals surface area contributed by atoms with Crippen LogP contribution in [-0.4, -0.2) is 62.9 Å². The van der Waals surface area contributed by atoms with Gasteiger partial charge in [-0.1, -0.05) is 42.1 Å². The van der Waals surface area contributed by atoms with Crippen molar-refractivity contribution in [3.63, 3.8) is 0 Å². The van der Waals surface area contributed by atoms with Crippen LogP contribution in [0.15, 0.2) is 138 Å². The van der Waals surface area contributed by atoms with E-state index in [1.807, 2.05) is 0 Å². The van der Waals surface area contributed by atoms with Crippen LogP contribution in [0, 0.1) is 20.2 Å². The van der Waals surface area contributed by atoms with Gasteiger partial charge in [0.25, 0.3) is 43.4 Å². The number of non-ortho nitro benzene ring substituents is 2. The summed E-state index contributed by atoms with van der Waals surface area (Å²) in [6.45, 7) is 2.23. The number of azo groups is 2. The van der Waals surface area contributed by atoms with Crippen LogP contribution in [0.2, 0.25) is 0 Å². The summed E-state index contributed by atoms with van der Waals surface area (Å²) in [5, 5.41) is 81.9. The third-order valence-electron chi connectivity index (χ3n) is 6.73. The molecule has 7 N–H and O–H groups in total. The number of nitrogens with one attached hydrogen (secondary N) is 2. The average Bonchev–Trinajstić information content (AvgIpc) is 3.12. The third kappa shape index (κ3) is 16.3. The van der Waals surface area contributed by atoms with E-state index in [0.29, 0.717) is 35.6 Å². The van der Waals surface area contributed by atoms with E-state index in [2.05, 4.69) is 31.1 Å². The molecule has 4 aromatic rings. The molecule has 24 nitrogen and oxygen atoms in total. The van der Waals surface area contributed by atoms with Crippen LogP contribution in [0.4, 0.5) is 34.1 Å². The molecule has 0 saturated heterocycles. The van der Waals surface area contributed by atoms with Crippen molar-refractivity contribution in [3.8, 4) is 11.5 Å². The molecular formula is C32H27CoN8Na2O16S2+. The van der Waals surface area contributed by atoms with Crippen molar-refractivity contribution in [2.75, 3.05) is 10.6 Å². The van der Waals surface area contributed by atoms with E-state index in [-0.39, 0.29) is 75.9 Å². The number of hydrogen-bond acceptors (Lipinski definition) is 18. The van der Waals surface area contributed by atoms with Gasteiger partial charge in [0.1, 0.15) is 22.1 Å². The molecular weight excluding hydrogens is 921 g/mol. The molecule has 313 valence electrons. The molecule has 4 aromatic carbocycles. The number of nitro benzene ring substituents is 2. The van der Waals surface area contributed by atoms with Crippen molar-refractivity contribution in [3.05, 3.63) is 128 Å². The maximum atomic E-state index is 12.3. The number of anilines is 2. The van der Waals surface area contributed by atoms with Crippen LogP contribution in [0.5, 0.6) is 11.5 Å². The Bertz CT molecular complexity index is 2450.